The summed E-state index contributed by atoms with van der Waals surface area (Å²) in [4.78, 5) is 19.9. The quantitative estimate of drug-likeness (QED) is 0.734. The highest BCUT2D eigenvalue weighted by Gasteiger charge is 2.13. The molecule has 0 spiro atoms. The molecule has 0 aliphatic rings. The van der Waals surface area contributed by atoms with Gasteiger partial charge in [0.1, 0.15) is 5.82 Å². The lowest BCUT2D eigenvalue weighted by molar-refractivity contribution is 0.103. The number of hydrogen-bond donors (Lipinski definition) is 1. The van der Waals surface area contributed by atoms with Gasteiger partial charge in [-0.2, -0.15) is 0 Å². The van der Waals surface area contributed by atoms with Crippen LogP contribution < -0.4 is 0 Å². The van der Waals surface area contributed by atoms with E-state index < -0.39 is 0 Å². The van der Waals surface area contributed by atoms with Crippen LogP contribution in [0.3, 0.4) is 0 Å². The second-order valence-electron chi connectivity index (χ2n) is 4.56. The second-order valence-corrected chi connectivity index (χ2v) is 4.56. The third-order valence-corrected chi connectivity index (χ3v) is 3.21. The van der Waals surface area contributed by atoms with Gasteiger partial charge in [-0.3, -0.25) is 4.79 Å². The van der Waals surface area contributed by atoms with Crippen LogP contribution in [0.25, 0.3) is 0 Å². The van der Waals surface area contributed by atoms with Crippen molar-refractivity contribution in [1.29, 1.82) is 0 Å². The van der Waals surface area contributed by atoms with Crippen LogP contribution in [0.4, 0.5) is 0 Å². The molecule has 3 nitrogen and oxygen atoms in total. The van der Waals surface area contributed by atoms with Gasteiger partial charge >= 0.3 is 0 Å². The molecule has 1 aromatic heterocycles. The molecule has 3 heteroatoms. The summed E-state index contributed by atoms with van der Waals surface area (Å²) < 4.78 is 0. The van der Waals surface area contributed by atoms with E-state index in [-0.39, 0.29) is 5.78 Å². The maximum atomic E-state index is 12.6. The van der Waals surface area contributed by atoms with Crippen LogP contribution in [0.15, 0.2) is 67.0 Å². The number of rotatable bonds is 4. The number of hydrogen-bond acceptors (Lipinski definition) is 2. The summed E-state index contributed by atoms with van der Waals surface area (Å²) in [5.74, 6) is 0.908. The van der Waals surface area contributed by atoms with Gasteiger partial charge in [0.15, 0.2) is 5.78 Å². The molecule has 0 unspecified atom stereocenters. The van der Waals surface area contributed by atoms with Crippen molar-refractivity contribution >= 4 is 5.78 Å². The third kappa shape index (κ3) is 2.52. The molecule has 0 aliphatic heterocycles. The van der Waals surface area contributed by atoms with E-state index in [2.05, 4.69) is 9.97 Å². The lowest BCUT2D eigenvalue weighted by Crippen LogP contribution is -2.06. The smallest absolute Gasteiger partial charge is 0.193 e. The summed E-state index contributed by atoms with van der Waals surface area (Å²) in [5.41, 5.74) is 2.42. The fraction of sp³-hybridized carbons (Fsp3) is 0.0588. The van der Waals surface area contributed by atoms with Crippen LogP contribution in [0.2, 0.25) is 0 Å². The number of imidazole rings is 1. The number of aromatic amines is 1. The lowest BCUT2D eigenvalue weighted by Gasteiger charge is -2.07. The standard InChI is InChI=1S/C17H14N2O/c20-17(13-6-2-1-3-7-13)15-9-5-4-8-14(15)12-16-18-10-11-19-16/h1-11H,12H2,(H,18,19). The van der Waals surface area contributed by atoms with E-state index in [0.717, 1.165) is 17.0 Å². The summed E-state index contributed by atoms with van der Waals surface area (Å²) in [6, 6.07) is 17.0. The van der Waals surface area contributed by atoms with E-state index in [1.807, 2.05) is 54.6 Å². The second kappa shape index (κ2) is 5.53. The lowest BCUT2D eigenvalue weighted by atomic mass is 9.96. The Kier molecular flexibility index (Phi) is 3.42. The summed E-state index contributed by atoms with van der Waals surface area (Å²) in [5, 5.41) is 0. The van der Waals surface area contributed by atoms with Gasteiger partial charge in [-0.05, 0) is 5.56 Å². The van der Waals surface area contributed by atoms with E-state index >= 15 is 0 Å². The zero-order valence-electron chi connectivity index (χ0n) is 10.9. The SMILES string of the molecule is O=C(c1ccccc1)c1ccccc1Cc1ncc[nH]1. The summed E-state index contributed by atoms with van der Waals surface area (Å²) >= 11 is 0. The fourth-order valence-electron chi connectivity index (χ4n) is 2.22. The molecule has 0 fully saturated rings. The van der Waals surface area contributed by atoms with Gasteiger partial charge in [0.25, 0.3) is 0 Å². The zero-order valence-corrected chi connectivity index (χ0v) is 10.9. The van der Waals surface area contributed by atoms with E-state index in [9.17, 15) is 4.79 Å². The molecule has 0 bridgehead atoms. The molecule has 2 aromatic carbocycles. The summed E-state index contributed by atoms with van der Waals surface area (Å²) in [6.45, 7) is 0. The first-order chi connectivity index (χ1) is 9.84. The van der Waals surface area contributed by atoms with Crippen LogP contribution >= 0.6 is 0 Å². The monoisotopic (exact) mass is 262 g/mol. The first kappa shape index (κ1) is 12.4. The van der Waals surface area contributed by atoms with E-state index in [1.54, 1.807) is 12.4 Å². The van der Waals surface area contributed by atoms with E-state index in [1.165, 1.54) is 0 Å². The van der Waals surface area contributed by atoms with Crippen molar-refractivity contribution in [1.82, 2.24) is 9.97 Å². The molecule has 98 valence electrons. The van der Waals surface area contributed by atoms with Crippen LogP contribution in [0.1, 0.15) is 27.3 Å². The molecule has 0 amide bonds. The van der Waals surface area contributed by atoms with Gasteiger partial charge in [-0.1, -0.05) is 54.6 Å². The van der Waals surface area contributed by atoms with E-state index in [0.29, 0.717) is 12.0 Å². The van der Waals surface area contributed by atoms with Crippen molar-refractivity contribution < 1.29 is 4.79 Å². The first-order valence-corrected chi connectivity index (χ1v) is 6.50. The van der Waals surface area contributed by atoms with Crippen LogP contribution in [0.5, 0.6) is 0 Å². The fourth-order valence-corrected chi connectivity index (χ4v) is 2.22. The maximum Gasteiger partial charge on any atom is 0.193 e. The number of ketones is 1. The van der Waals surface area contributed by atoms with Crippen molar-refractivity contribution in [3.05, 3.63) is 89.5 Å². The Labute approximate surface area is 117 Å². The molecule has 0 radical (unpaired) electrons. The van der Waals surface area contributed by atoms with Gasteiger partial charge in [0.05, 0.1) is 0 Å². The Morgan fingerprint density at radius 2 is 1.75 bits per heavy atom. The number of nitrogens with one attached hydrogen (secondary N) is 1. The number of carbonyl (C=O) groups is 1. The Hall–Kier alpha value is -2.68. The predicted molar refractivity (Wildman–Crippen MR) is 77.7 cm³/mol. The molecule has 0 saturated heterocycles. The zero-order chi connectivity index (χ0) is 13.8. The van der Waals surface area contributed by atoms with Gasteiger partial charge in [-0.25, -0.2) is 4.98 Å². The molecule has 3 aromatic rings. The number of carbonyl (C=O) groups excluding carboxylic acids is 1. The highest BCUT2D eigenvalue weighted by molar-refractivity contribution is 6.09. The summed E-state index contributed by atoms with van der Waals surface area (Å²) in [7, 11) is 0. The number of aromatic nitrogens is 2. The Morgan fingerprint density at radius 3 is 2.50 bits per heavy atom. The van der Waals surface area contributed by atoms with Crippen molar-refractivity contribution in [2.75, 3.05) is 0 Å². The average Bonchev–Trinajstić information content (AvgIpc) is 3.01. The molecule has 1 N–H and O–H groups in total. The largest absolute Gasteiger partial charge is 0.348 e. The van der Waals surface area contributed by atoms with Crippen LogP contribution in [-0.4, -0.2) is 15.8 Å². The van der Waals surface area contributed by atoms with Crippen molar-refractivity contribution in [3.8, 4) is 0 Å². The molecular formula is C17H14N2O. The van der Waals surface area contributed by atoms with Crippen molar-refractivity contribution in [2.24, 2.45) is 0 Å². The van der Waals surface area contributed by atoms with E-state index in [4.69, 9.17) is 0 Å². The van der Waals surface area contributed by atoms with Crippen LogP contribution in [-0.2, 0) is 6.42 Å². The normalized spacial score (nSPS) is 10.4. The van der Waals surface area contributed by atoms with Crippen LogP contribution in [0, 0.1) is 0 Å². The average molecular weight is 262 g/mol. The molecular weight excluding hydrogens is 248 g/mol. The first-order valence-electron chi connectivity index (χ1n) is 6.50. The number of H-pyrrole nitrogens is 1. The number of nitrogens with zero attached hydrogens (tertiary/aromatic N) is 1. The molecule has 1 heterocycles. The van der Waals surface area contributed by atoms with Gasteiger partial charge in [0.2, 0.25) is 0 Å². The molecule has 3 rings (SSSR count). The maximum absolute atomic E-state index is 12.6. The minimum absolute atomic E-state index is 0.0488. The highest BCUT2D eigenvalue weighted by atomic mass is 16.1. The van der Waals surface area contributed by atoms with Gasteiger partial charge < -0.3 is 4.98 Å². The molecule has 0 aliphatic carbocycles. The number of benzene rings is 2. The highest BCUT2D eigenvalue weighted by Crippen LogP contribution is 2.16. The summed E-state index contributed by atoms with van der Waals surface area (Å²) in [6.07, 6.45) is 4.13. The minimum atomic E-state index is 0.0488. The predicted octanol–water partition coefficient (Wildman–Crippen LogP) is 3.23. The molecule has 0 saturated carbocycles. The molecule has 20 heavy (non-hydrogen) atoms. The van der Waals surface area contributed by atoms with Gasteiger partial charge in [-0.15, -0.1) is 0 Å². The van der Waals surface area contributed by atoms with Crippen molar-refractivity contribution in [3.63, 3.8) is 0 Å². The Morgan fingerprint density at radius 1 is 1.00 bits per heavy atom. The minimum Gasteiger partial charge on any atom is -0.348 e. The Balaban J connectivity index is 1.96. The Bertz CT molecular complexity index is 703. The van der Waals surface area contributed by atoms with Gasteiger partial charge in [0, 0.05) is 29.9 Å². The molecule has 0 atom stereocenters. The topological polar surface area (TPSA) is 45.8 Å². The third-order valence-electron chi connectivity index (χ3n) is 3.21. The van der Waals surface area contributed by atoms with Crippen molar-refractivity contribution in [2.45, 2.75) is 6.42 Å².